The van der Waals surface area contributed by atoms with Crippen LogP contribution in [0.4, 0.5) is 0 Å². The summed E-state index contributed by atoms with van der Waals surface area (Å²) in [5.74, 6) is 0.505. The molecule has 0 bridgehead atoms. The molecule has 3 nitrogen and oxygen atoms in total. The molecule has 2 N–H and O–H groups in total. The third-order valence-corrected chi connectivity index (χ3v) is 3.10. The summed E-state index contributed by atoms with van der Waals surface area (Å²) in [4.78, 5) is 5.56. The molecule has 1 atom stereocenters. The van der Waals surface area contributed by atoms with Crippen molar-refractivity contribution in [2.24, 2.45) is 0 Å². The van der Waals surface area contributed by atoms with Gasteiger partial charge in [-0.3, -0.25) is 0 Å². The Labute approximate surface area is 89.2 Å². The second kappa shape index (κ2) is 5.44. The molecule has 0 spiro atoms. The van der Waals surface area contributed by atoms with Gasteiger partial charge in [0.15, 0.2) is 0 Å². The van der Waals surface area contributed by atoms with Crippen LogP contribution < -0.4 is 5.32 Å². The Balaban J connectivity index is 2.36. The molecule has 0 saturated carbocycles. The maximum absolute atomic E-state index is 9.05. The number of thiazole rings is 1. The van der Waals surface area contributed by atoms with Crippen LogP contribution in [0.5, 0.6) is 0 Å². The average Bonchev–Trinajstić information content (AvgIpc) is 2.52. The lowest BCUT2D eigenvalue weighted by molar-refractivity contribution is 0.191. The summed E-state index contributed by atoms with van der Waals surface area (Å²) >= 11 is 1.74. The van der Waals surface area contributed by atoms with Gasteiger partial charge < -0.3 is 10.4 Å². The molecular formula is C10H18N2OS. The fourth-order valence-corrected chi connectivity index (χ4v) is 1.96. The van der Waals surface area contributed by atoms with Gasteiger partial charge in [-0.15, -0.1) is 11.3 Å². The van der Waals surface area contributed by atoms with E-state index in [9.17, 15) is 0 Å². The van der Waals surface area contributed by atoms with Gasteiger partial charge in [-0.05, 0) is 6.92 Å². The lowest BCUT2D eigenvalue weighted by atomic mass is 10.2. The van der Waals surface area contributed by atoms with Crippen LogP contribution in [-0.4, -0.2) is 22.7 Å². The Morgan fingerprint density at radius 2 is 2.21 bits per heavy atom. The number of nitrogens with zero attached hydrogens (tertiary/aromatic N) is 1. The first-order chi connectivity index (χ1) is 6.59. The molecule has 80 valence electrons. The molecule has 0 aliphatic heterocycles. The van der Waals surface area contributed by atoms with Crippen molar-refractivity contribution in [2.75, 3.05) is 6.54 Å². The first-order valence-corrected chi connectivity index (χ1v) is 5.74. The van der Waals surface area contributed by atoms with Crippen molar-refractivity contribution < 1.29 is 5.11 Å². The van der Waals surface area contributed by atoms with Gasteiger partial charge in [-0.2, -0.15) is 0 Å². The van der Waals surface area contributed by atoms with Gasteiger partial charge in [0.1, 0.15) is 0 Å². The maximum atomic E-state index is 9.05. The SMILES string of the molecule is CC(O)CNCc1cnc(C(C)C)s1. The van der Waals surface area contributed by atoms with E-state index in [1.807, 2.05) is 6.20 Å². The molecule has 4 heteroatoms. The molecule has 0 aliphatic carbocycles. The van der Waals surface area contributed by atoms with Crippen molar-refractivity contribution in [2.45, 2.75) is 39.3 Å². The summed E-state index contributed by atoms with van der Waals surface area (Å²) in [6.45, 7) is 7.50. The fraction of sp³-hybridized carbons (Fsp3) is 0.700. The highest BCUT2D eigenvalue weighted by Crippen LogP contribution is 2.20. The van der Waals surface area contributed by atoms with E-state index in [0.717, 1.165) is 6.54 Å². The summed E-state index contributed by atoms with van der Waals surface area (Å²) in [5.41, 5.74) is 0. The lowest BCUT2D eigenvalue weighted by Gasteiger charge is -2.04. The minimum absolute atomic E-state index is 0.285. The molecule has 1 rings (SSSR count). The molecule has 1 aromatic heterocycles. The zero-order valence-corrected chi connectivity index (χ0v) is 9.77. The van der Waals surface area contributed by atoms with E-state index in [4.69, 9.17) is 5.11 Å². The monoisotopic (exact) mass is 214 g/mol. The van der Waals surface area contributed by atoms with Crippen LogP contribution in [0.25, 0.3) is 0 Å². The summed E-state index contributed by atoms with van der Waals surface area (Å²) in [6.07, 6.45) is 1.63. The molecule has 14 heavy (non-hydrogen) atoms. The lowest BCUT2D eigenvalue weighted by Crippen LogP contribution is -2.23. The van der Waals surface area contributed by atoms with Gasteiger partial charge in [-0.25, -0.2) is 4.98 Å². The average molecular weight is 214 g/mol. The number of aromatic nitrogens is 1. The summed E-state index contributed by atoms with van der Waals surface area (Å²) in [6, 6.07) is 0. The molecule has 1 unspecified atom stereocenters. The van der Waals surface area contributed by atoms with E-state index < -0.39 is 0 Å². The zero-order chi connectivity index (χ0) is 10.6. The third-order valence-electron chi connectivity index (χ3n) is 1.80. The van der Waals surface area contributed by atoms with E-state index in [2.05, 4.69) is 24.1 Å². The highest BCUT2D eigenvalue weighted by atomic mass is 32.1. The second-order valence-electron chi connectivity index (χ2n) is 3.80. The van der Waals surface area contributed by atoms with Gasteiger partial charge >= 0.3 is 0 Å². The largest absolute Gasteiger partial charge is 0.392 e. The number of hydrogen-bond donors (Lipinski definition) is 2. The van der Waals surface area contributed by atoms with E-state index in [-0.39, 0.29) is 6.10 Å². The summed E-state index contributed by atoms with van der Waals surface area (Å²) in [5, 5.41) is 13.4. The molecule has 0 saturated heterocycles. The van der Waals surface area contributed by atoms with Crippen LogP contribution in [0.15, 0.2) is 6.20 Å². The van der Waals surface area contributed by atoms with Gasteiger partial charge in [0.25, 0.3) is 0 Å². The summed E-state index contributed by atoms with van der Waals surface area (Å²) in [7, 11) is 0. The van der Waals surface area contributed by atoms with Crippen molar-refractivity contribution in [3.05, 3.63) is 16.1 Å². The molecule has 0 fully saturated rings. The van der Waals surface area contributed by atoms with Gasteiger partial charge in [-0.1, -0.05) is 13.8 Å². The van der Waals surface area contributed by atoms with E-state index in [1.165, 1.54) is 9.88 Å². The predicted octanol–water partition coefficient (Wildman–Crippen LogP) is 1.74. The number of aliphatic hydroxyl groups is 1. The highest BCUT2D eigenvalue weighted by Gasteiger charge is 2.05. The minimum atomic E-state index is -0.285. The quantitative estimate of drug-likeness (QED) is 0.784. The number of rotatable bonds is 5. The van der Waals surface area contributed by atoms with Crippen molar-refractivity contribution in [3.63, 3.8) is 0 Å². The van der Waals surface area contributed by atoms with Crippen LogP contribution in [0.2, 0.25) is 0 Å². The van der Waals surface area contributed by atoms with E-state index in [1.54, 1.807) is 18.3 Å². The smallest absolute Gasteiger partial charge is 0.0953 e. The fourth-order valence-electron chi connectivity index (χ4n) is 1.08. The second-order valence-corrected chi connectivity index (χ2v) is 4.95. The molecule has 0 radical (unpaired) electrons. The Morgan fingerprint density at radius 3 is 2.71 bits per heavy atom. The van der Waals surface area contributed by atoms with Crippen LogP contribution in [0, 0.1) is 0 Å². The topological polar surface area (TPSA) is 45.1 Å². The molecular weight excluding hydrogens is 196 g/mol. The predicted molar refractivity (Wildman–Crippen MR) is 59.6 cm³/mol. The van der Waals surface area contributed by atoms with Crippen LogP contribution >= 0.6 is 11.3 Å². The first kappa shape index (κ1) is 11.6. The summed E-state index contributed by atoms with van der Waals surface area (Å²) < 4.78 is 0. The van der Waals surface area contributed by atoms with Gasteiger partial charge in [0.2, 0.25) is 0 Å². The zero-order valence-electron chi connectivity index (χ0n) is 8.95. The number of aliphatic hydroxyl groups excluding tert-OH is 1. The standard InChI is InChI=1S/C10H18N2OS/c1-7(2)10-12-6-9(14-10)5-11-4-8(3)13/h6-8,11,13H,4-5H2,1-3H3. The Kier molecular flexibility index (Phi) is 4.51. The normalized spacial score (nSPS) is 13.5. The molecule has 1 heterocycles. The molecule has 1 aromatic rings. The van der Waals surface area contributed by atoms with E-state index >= 15 is 0 Å². The Hall–Kier alpha value is -0.450. The van der Waals surface area contributed by atoms with Crippen molar-refractivity contribution in [1.29, 1.82) is 0 Å². The first-order valence-electron chi connectivity index (χ1n) is 4.93. The Morgan fingerprint density at radius 1 is 1.50 bits per heavy atom. The van der Waals surface area contributed by atoms with Crippen LogP contribution in [-0.2, 0) is 6.54 Å². The highest BCUT2D eigenvalue weighted by molar-refractivity contribution is 7.11. The maximum Gasteiger partial charge on any atom is 0.0953 e. The van der Waals surface area contributed by atoms with Crippen LogP contribution in [0.3, 0.4) is 0 Å². The third kappa shape index (κ3) is 3.74. The van der Waals surface area contributed by atoms with Crippen molar-refractivity contribution in [1.82, 2.24) is 10.3 Å². The molecule has 0 amide bonds. The van der Waals surface area contributed by atoms with E-state index in [0.29, 0.717) is 12.5 Å². The van der Waals surface area contributed by atoms with Crippen LogP contribution in [0.1, 0.15) is 36.6 Å². The minimum Gasteiger partial charge on any atom is -0.392 e. The Bertz CT molecular complexity index is 271. The number of nitrogens with one attached hydrogen (secondary N) is 1. The van der Waals surface area contributed by atoms with Crippen molar-refractivity contribution in [3.8, 4) is 0 Å². The number of hydrogen-bond acceptors (Lipinski definition) is 4. The molecule has 0 aliphatic rings. The van der Waals surface area contributed by atoms with Gasteiger partial charge in [0.05, 0.1) is 11.1 Å². The molecule has 0 aromatic carbocycles. The van der Waals surface area contributed by atoms with Crippen molar-refractivity contribution >= 4 is 11.3 Å². The van der Waals surface area contributed by atoms with Gasteiger partial charge in [0, 0.05) is 30.1 Å².